The van der Waals surface area contributed by atoms with Crippen molar-refractivity contribution in [2.24, 2.45) is 0 Å². The van der Waals surface area contributed by atoms with E-state index in [1.165, 1.54) is 22.5 Å². The van der Waals surface area contributed by atoms with Crippen LogP contribution >= 0.6 is 11.3 Å². The van der Waals surface area contributed by atoms with Gasteiger partial charge in [-0.05, 0) is 26.0 Å². The molecule has 0 N–H and O–H groups in total. The minimum absolute atomic E-state index is 0.500. The molecule has 0 saturated carbocycles. The van der Waals surface area contributed by atoms with Crippen LogP contribution in [0.2, 0.25) is 0 Å². The van der Waals surface area contributed by atoms with Crippen molar-refractivity contribution in [2.45, 2.75) is 20.5 Å². The van der Waals surface area contributed by atoms with Gasteiger partial charge < -0.3 is 4.74 Å². The largest absolute Gasteiger partial charge is 0.377 e. The van der Waals surface area contributed by atoms with Crippen LogP contribution in [0, 0.1) is 13.8 Å². The highest BCUT2D eigenvalue weighted by Crippen LogP contribution is 2.23. The number of hydrogen-bond donors (Lipinski definition) is 0. The van der Waals surface area contributed by atoms with Crippen LogP contribution < -0.4 is 0 Å². The number of methoxy groups -OCH3 is 1. The lowest BCUT2D eigenvalue weighted by atomic mass is 10.1. The predicted molar refractivity (Wildman–Crippen MR) is 74.3 cm³/mol. The second kappa shape index (κ2) is 4.71. The quantitative estimate of drug-likeness (QED) is 0.736. The van der Waals surface area contributed by atoms with Crippen molar-refractivity contribution in [1.29, 1.82) is 0 Å². The molecular formula is C13H14N4OS. The molecule has 3 rings (SSSR count). The Labute approximate surface area is 114 Å². The summed E-state index contributed by atoms with van der Waals surface area (Å²) in [6.45, 7) is 4.65. The van der Waals surface area contributed by atoms with Crippen molar-refractivity contribution in [2.75, 3.05) is 7.11 Å². The van der Waals surface area contributed by atoms with E-state index in [2.05, 4.69) is 47.3 Å². The van der Waals surface area contributed by atoms with Gasteiger partial charge >= 0.3 is 0 Å². The first-order chi connectivity index (χ1) is 9.17. The summed E-state index contributed by atoms with van der Waals surface area (Å²) in [7, 11) is 1.66. The topological polar surface area (TPSA) is 52.3 Å². The van der Waals surface area contributed by atoms with E-state index < -0.39 is 0 Å². The fourth-order valence-electron chi connectivity index (χ4n) is 2.12. The average Bonchev–Trinajstić information content (AvgIpc) is 2.87. The molecule has 2 aromatic heterocycles. The molecule has 0 saturated heterocycles. The van der Waals surface area contributed by atoms with E-state index in [0.717, 1.165) is 21.4 Å². The molecule has 6 heteroatoms. The number of ether oxygens (including phenoxy) is 1. The zero-order valence-corrected chi connectivity index (χ0v) is 11.9. The molecule has 0 fully saturated rings. The first-order valence-electron chi connectivity index (χ1n) is 5.96. The molecule has 0 radical (unpaired) electrons. The van der Waals surface area contributed by atoms with E-state index in [1.54, 1.807) is 11.6 Å². The van der Waals surface area contributed by atoms with Crippen LogP contribution in [-0.4, -0.2) is 26.9 Å². The Kier molecular flexibility index (Phi) is 3.04. The Morgan fingerprint density at radius 2 is 1.89 bits per heavy atom. The molecular weight excluding hydrogens is 260 g/mol. The van der Waals surface area contributed by atoms with Crippen molar-refractivity contribution in [1.82, 2.24) is 19.8 Å². The fourth-order valence-corrected chi connectivity index (χ4v) is 2.93. The highest BCUT2D eigenvalue weighted by atomic mass is 32.1. The standard InChI is InChI=1S/C13H14N4OS/c1-8-4-9(2)6-10(5-8)12-14-15-13-17(12)16-11(19-13)7-18-3/h4-6H,7H2,1-3H3. The number of aryl methyl sites for hydroxylation is 2. The zero-order valence-electron chi connectivity index (χ0n) is 11.0. The minimum atomic E-state index is 0.500. The molecule has 0 aliphatic heterocycles. The molecule has 0 bridgehead atoms. The summed E-state index contributed by atoms with van der Waals surface area (Å²) in [5.41, 5.74) is 3.46. The number of aromatic nitrogens is 4. The van der Waals surface area contributed by atoms with E-state index in [1.807, 2.05) is 0 Å². The fraction of sp³-hybridized carbons (Fsp3) is 0.308. The molecule has 5 nitrogen and oxygen atoms in total. The lowest BCUT2D eigenvalue weighted by Crippen LogP contribution is -1.94. The van der Waals surface area contributed by atoms with Gasteiger partial charge in [0.25, 0.3) is 0 Å². The molecule has 0 spiro atoms. The van der Waals surface area contributed by atoms with Gasteiger partial charge in [-0.3, -0.25) is 0 Å². The van der Waals surface area contributed by atoms with Gasteiger partial charge in [0.05, 0.1) is 6.61 Å². The lowest BCUT2D eigenvalue weighted by molar-refractivity contribution is 0.183. The summed E-state index contributed by atoms with van der Waals surface area (Å²) >= 11 is 1.50. The summed E-state index contributed by atoms with van der Waals surface area (Å²) in [5, 5.41) is 13.8. The SMILES string of the molecule is COCc1nn2c(-c3cc(C)cc(C)c3)nnc2s1. The van der Waals surface area contributed by atoms with Gasteiger partial charge in [0.2, 0.25) is 4.96 Å². The first-order valence-corrected chi connectivity index (χ1v) is 6.78. The second-order valence-corrected chi connectivity index (χ2v) is 5.56. The van der Waals surface area contributed by atoms with Crippen molar-refractivity contribution in [3.05, 3.63) is 34.3 Å². The average molecular weight is 274 g/mol. The Bertz CT molecular complexity index is 711. The summed E-state index contributed by atoms with van der Waals surface area (Å²) in [6.07, 6.45) is 0. The van der Waals surface area contributed by atoms with E-state index >= 15 is 0 Å². The predicted octanol–water partition coefficient (Wildman–Crippen LogP) is 2.62. The van der Waals surface area contributed by atoms with Crippen LogP contribution in [-0.2, 0) is 11.3 Å². The highest BCUT2D eigenvalue weighted by Gasteiger charge is 2.13. The molecule has 0 aliphatic rings. The zero-order chi connectivity index (χ0) is 13.4. The van der Waals surface area contributed by atoms with Gasteiger partial charge in [-0.15, -0.1) is 10.2 Å². The summed E-state index contributed by atoms with van der Waals surface area (Å²) in [5.74, 6) is 0.778. The van der Waals surface area contributed by atoms with E-state index in [-0.39, 0.29) is 0 Å². The van der Waals surface area contributed by atoms with Gasteiger partial charge in [-0.25, -0.2) is 0 Å². The second-order valence-electron chi connectivity index (χ2n) is 4.52. The molecule has 19 heavy (non-hydrogen) atoms. The van der Waals surface area contributed by atoms with Gasteiger partial charge in [0, 0.05) is 12.7 Å². The molecule has 3 aromatic rings. The van der Waals surface area contributed by atoms with Crippen LogP contribution in [0.5, 0.6) is 0 Å². The maximum Gasteiger partial charge on any atom is 0.235 e. The van der Waals surface area contributed by atoms with Crippen LogP contribution in [0.4, 0.5) is 0 Å². The van der Waals surface area contributed by atoms with Crippen molar-refractivity contribution < 1.29 is 4.74 Å². The molecule has 2 heterocycles. The van der Waals surface area contributed by atoms with Gasteiger partial charge in [-0.2, -0.15) is 9.61 Å². The molecule has 0 atom stereocenters. The number of fused-ring (bicyclic) bond motifs is 1. The van der Waals surface area contributed by atoms with Gasteiger partial charge in [0.15, 0.2) is 5.82 Å². The van der Waals surface area contributed by atoms with E-state index in [0.29, 0.717) is 6.61 Å². The highest BCUT2D eigenvalue weighted by molar-refractivity contribution is 7.16. The third kappa shape index (κ3) is 2.24. The molecule has 0 amide bonds. The maximum absolute atomic E-state index is 5.10. The maximum atomic E-state index is 5.10. The summed E-state index contributed by atoms with van der Waals surface area (Å²) in [6, 6.07) is 6.33. The monoisotopic (exact) mass is 274 g/mol. The number of rotatable bonds is 3. The molecule has 0 unspecified atom stereocenters. The Hall–Kier alpha value is -1.79. The van der Waals surface area contributed by atoms with Crippen molar-refractivity contribution in [3.8, 4) is 11.4 Å². The number of nitrogens with zero attached hydrogens (tertiary/aromatic N) is 4. The third-order valence-electron chi connectivity index (χ3n) is 2.78. The Balaban J connectivity index is 2.13. The van der Waals surface area contributed by atoms with Gasteiger partial charge in [0.1, 0.15) is 5.01 Å². The van der Waals surface area contributed by atoms with Crippen LogP contribution in [0.3, 0.4) is 0 Å². The summed E-state index contributed by atoms with van der Waals surface area (Å²) < 4.78 is 6.88. The number of benzene rings is 1. The van der Waals surface area contributed by atoms with Crippen LogP contribution in [0.15, 0.2) is 18.2 Å². The van der Waals surface area contributed by atoms with Crippen LogP contribution in [0.25, 0.3) is 16.3 Å². The Morgan fingerprint density at radius 1 is 1.16 bits per heavy atom. The van der Waals surface area contributed by atoms with E-state index in [9.17, 15) is 0 Å². The van der Waals surface area contributed by atoms with Crippen molar-refractivity contribution in [3.63, 3.8) is 0 Å². The lowest BCUT2D eigenvalue weighted by Gasteiger charge is -2.01. The Morgan fingerprint density at radius 3 is 2.58 bits per heavy atom. The van der Waals surface area contributed by atoms with E-state index in [4.69, 9.17) is 4.74 Å². The molecule has 0 aliphatic carbocycles. The molecule has 98 valence electrons. The normalized spacial score (nSPS) is 11.3. The van der Waals surface area contributed by atoms with Crippen LogP contribution in [0.1, 0.15) is 16.1 Å². The number of hydrogen-bond acceptors (Lipinski definition) is 5. The third-order valence-corrected chi connectivity index (χ3v) is 3.65. The van der Waals surface area contributed by atoms with Gasteiger partial charge in [-0.1, -0.05) is 28.5 Å². The summed E-state index contributed by atoms with van der Waals surface area (Å²) in [4.78, 5) is 0.793. The smallest absolute Gasteiger partial charge is 0.235 e. The molecule has 1 aromatic carbocycles. The van der Waals surface area contributed by atoms with Crippen molar-refractivity contribution >= 4 is 16.3 Å². The first kappa shape index (κ1) is 12.3. The minimum Gasteiger partial charge on any atom is -0.377 e.